The van der Waals surface area contributed by atoms with E-state index >= 15 is 0 Å². The van der Waals surface area contributed by atoms with E-state index in [-0.39, 0.29) is 5.78 Å². The molecule has 2 aromatic heterocycles. The van der Waals surface area contributed by atoms with E-state index in [4.69, 9.17) is 0 Å². The molecule has 0 saturated carbocycles. The second-order valence-corrected chi connectivity index (χ2v) is 4.82. The second kappa shape index (κ2) is 3.44. The van der Waals surface area contributed by atoms with E-state index in [2.05, 4.69) is 0 Å². The van der Waals surface area contributed by atoms with Crippen molar-refractivity contribution in [1.29, 1.82) is 0 Å². The van der Waals surface area contributed by atoms with Gasteiger partial charge in [0.25, 0.3) is 0 Å². The zero-order valence-corrected chi connectivity index (χ0v) is 8.74. The molecular weight excluding hydrogens is 200 g/mol. The molecule has 66 valence electrons. The number of carbonyl (C=O) groups excluding carboxylic acids is 1. The van der Waals surface area contributed by atoms with Crippen molar-refractivity contribution >= 4 is 28.5 Å². The fourth-order valence-electron chi connectivity index (χ4n) is 1.11. The summed E-state index contributed by atoms with van der Waals surface area (Å²) >= 11 is 3.10. The van der Waals surface area contributed by atoms with E-state index in [1.807, 2.05) is 35.9 Å². The van der Waals surface area contributed by atoms with Crippen LogP contribution >= 0.6 is 22.7 Å². The summed E-state index contributed by atoms with van der Waals surface area (Å²) in [6, 6.07) is 5.70. The van der Waals surface area contributed by atoms with Crippen molar-refractivity contribution in [2.24, 2.45) is 0 Å². The first-order valence-electron chi connectivity index (χ1n) is 3.91. The Hall–Kier alpha value is -0.930. The third-order valence-corrected chi connectivity index (χ3v) is 3.47. The van der Waals surface area contributed by atoms with Crippen LogP contribution in [0, 0.1) is 6.92 Å². The lowest BCUT2D eigenvalue weighted by Crippen LogP contribution is -1.95. The fraction of sp³-hybridized carbons (Fsp3) is 0.100. The minimum absolute atomic E-state index is 0.138. The highest BCUT2D eigenvalue weighted by Crippen LogP contribution is 2.19. The Morgan fingerprint density at radius 2 is 2.23 bits per heavy atom. The molecule has 0 bridgehead atoms. The number of thiophene rings is 2. The summed E-state index contributed by atoms with van der Waals surface area (Å²) in [5.74, 6) is 0.138. The lowest BCUT2D eigenvalue weighted by atomic mass is 10.2. The van der Waals surface area contributed by atoms with Gasteiger partial charge < -0.3 is 0 Å². The number of carbonyl (C=O) groups is 1. The summed E-state index contributed by atoms with van der Waals surface area (Å²) in [6.45, 7) is 2.01. The maximum absolute atomic E-state index is 11.7. The van der Waals surface area contributed by atoms with E-state index in [9.17, 15) is 4.79 Å². The summed E-state index contributed by atoms with van der Waals surface area (Å²) in [6.07, 6.45) is 0. The van der Waals surface area contributed by atoms with Gasteiger partial charge in [-0.3, -0.25) is 4.79 Å². The number of hydrogen-bond donors (Lipinski definition) is 0. The van der Waals surface area contributed by atoms with Gasteiger partial charge in [0.05, 0.1) is 4.88 Å². The normalized spacial score (nSPS) is 10.2. The average molecular weight is 208 g/mol. The van der Waals surface area contributed by atoms with Gasteiger partial charge in [0.15, 0.2) is 0 Å². The highest BCUT2D eigenvalue weighted by atomic mass is 32.1. The van der Waals surface area contributed by atoms with Gasteiger partial charge in [0.2, 0.25) is 5.78 Å². The van der Waals surface area contributed by atoms with Crippen LogP contribution in [0.5, 0.6) is 0 Å². The first-order valence-corrected chi connectivity index (χ1v) is 5.66. The van der Waals surface area contributed by atoms with Crippen molar-refractivity contribution in [2.75, 3.05) is 0 Å². The van der Waals surface area contributed by atoms with Crippen molar-refractivity contribution in [2.45, 2.75) is 6.92 Å². The van der Waals surface area contributed by atoms with Crippen molar-refractivity contribution in [3.8, 4) is 0 Å². The van der Waals surface area contributed by atoms with Crippen molar-refractivity contribution in [3.63, 3.8) is 0 Å². The molecule has 0 aliphatic heterocycles. The van der Waals surface area contributed by atoms with Crippen LogP contribution in [0.25, 0.3) is 0 Å². The summed E-state index contributed by atoms with van der Waals surface area (Å²) < 4.78 is 0. The molecule has 2 heterocycles. The largest absolute Gasteiger partial charge is 0.288 e. The van der Waals surface area contributed by atoms with Crippen LogP contribution < -0.4 is 0 Å². The van der Waals surface area contributed by atoms with E-state index in [0.29, 0.717) is 0 Å². The van der Waals surface area contributed by atoms with Gasteiger partial charge >= 0.3 is 0 Å². The highest BCUT2D eigenvalue weighted by Gasteiger charge is 2.10. The molecule has 0 unspecified atom stereocenters. The Bertz CT molecular complexity index is 412. The minimum Gasteiger partial charge on any atom is -0.288 e. The molecular formula is C10H8OS2. The smallest absolute Gasteiger partial charge is 0.203 e. The predicted octanol–water partition coefficient (Wildman–Crippen LogP) is 3.35. The zero-order valence-electron chi connectivity index (χ0n) is 7.11. The first-order chi connectivity index (χ1) is 6.27. The molecule has 0 radical (unpaired) electrons. The molecule has 0 atom stereocenters. The Morgan fingerprint density at radius 1 is 1.38 bits per heavy atom. The number of ketones is 1. The Kier molecular flexibility index (Phi) is 2.29. The van der Waals surface area contributed by atoms with Crippen molar-refractivity contribution in [3.05, 3.63) is 44.3 Å². The first kappa shape index (κ1) is 8.66. The minimum atomic E-state index is 0.138. The Labute approximate surface area is 84.7 Å². The lowest BCUT2D eigenvalue weighted by Gasteiger charge is -1.90. The number of hydrogen-bond acceptors (Lipinski definition) is 3. The summed E-state index contributed by atoms with van der Waals surface area (Å²) in [4.78, 5) is 13.7. The van der Waals surface area contributed by atoms with E-state index in [1.165, 1.54) is 16.2 Å². The summed E-state index contributed by atoms with van der Waals surface area (Å²) in [7, 11) is 0. The average Bonchev–Trinajstić information content (AvgIpc) is 2.72. The van der Waals surface area contributed by atoms with E-state index < -0.39 is 0 Å². The molecule has 2 aromatic rings. The molecule has 1 nitrogen and oxygen atoms in total. The topological polar surface area (TPSA) is 17.1 Å². The fourth-order valence-corrected chi connectivity index (χ4v) is 2.48. The number of rotatable bonds is 2. The molecule has 0 aliphatic rings. The van der Waals surface area contributed by atoms with Gasteiger partial charge in [0.1, 0.15) is 0 Å². The third-order valence-electron chi connectivity index (χ3n) is 1.74. The van der Waals surface area contributed by atoms with Gasteiger partial charge in [0, 0.05) is 15.8 Å². The molecule has 13 heavy (non-hydrogen) atoms. The Morgan fingerprint density at radius 3 is 2.77 bits per heavy atom. The third kappa shape index (κ3) is 1.71. The van der Waals surface area contributed by atoms with E-state index in [0.717, 1.165) is 10.4 Å². The van der Waals surface area contributed by atoms with Crippen LogP contribution in [0.2, 0.25) is 0 Å². The van der Waals surface area contributed by atoms with Crippen LogP contribution in [0.1, 0.15) is 20.1 Å². The highest BCUT2D eigenvalue weighted by molar-refractivity contribution is 7.12. The van der Waals surface area contributed by atoms with Gasteiger partial charge in [-0.1, -0.05) is 6.07 Å². The molecule has 0 N–H and O–H groups in total. The quantitative estimate of drug-likeness (QED) is 0.692. The van der Waals surface area contributed by atoms with Crippen LogP contribution in [0.15, 0.2) is 29.0 Å². The SMILES string of the molecule is Cc1cc(C(=O)c2cccs2)cs1. The van der Waals surface area contributed by atoms with Crippen LogP contribution in [-0.2, 0) is 0 Å². The lowest BCUT2D eigenvalue weighted by molar-refractivity contribution is 0.104. The molecule has 2 rings (SSSR count). The molecule has 0 spiro atoms. The molecule has 0 aromatic carbocycles. The van der Waals surface area contributed by atoms with Crippen LogP contribution in [0.4, 0.5) is 0 Å². The van der Waals surface area contributed by atoms with Gasteiger partial charge in [-0.2, -0.15) is 0 Å². The van der Waals surface area contributed by atoms with Crippen LogP contribution in [0.3, 0.4) is 0 Å². The summed E-state index contributed by atoms with van der Waals surface area (Å²) in [5, 5.41) is 3.84. The Balaban J connectivity index is 2.33. The molecule has 0 amide bonds. The van der Waals surface area contributed by atoms with E-state index in [1.54, 1.807) is 11.3 Å². The maximum atomic E-state index is 11.7. The predicted molar refractivity (Wildman–Crippen MR) is 56.8 cm³/mol. The van der Waals surface area contributed by atoms with Gasteiger partial charge in [-0.15, -0.1) is 22.7 Å². The zero-order chi connectivity index (χ0) is 9.26. The van der Waals surface area contributed by atoms with Gasteiger partial charge in [-0.25, -0.2) is 0 Å². The molecule has 0 aliphatic carbocycles. The van der Waals surface area contributed by atoms with Crippen molar-refractivity contribution < 1.29 is 4.79 Å². The standard InChI is InChI=1S/C10H8OS2/c1-7-5-8(6-13-7)10(11)9-3-2-4-12-9/h2-6H,1H3. The van der Waals surface area contributed by atoms with Crippen molar-refractivity contribution in [1.82, 2.24) is 0 Å². The van der Waals surface area contributed by atoms with Gasteiger partial charge in [-0.05, 0) is 24.4 Å². The van der Waals surface area contributed by atoms with Crippen LogP contribution in [-0.4, -0.2) is 5.78 Å². The molecule has 0 saturated heterocycles. The molecule has 0 fully saturated rings. The number of aryl methyl sites for hydroxylation is 1. The monoisotopic (exact) mass is 208 g/mol. The summed E-state index contributed by atoms with van der Waals surface area (Å²) in [5.41, 5.74) is 0.810. The molecule has 3 heteroatoms. The second-order valence-electron chi connectivity index (χ2n) is 2.75. The maximum Gasteiger partial charge on any atom is 0.203 e.